The van der Waals surface area contributed by atoms with Gasteiger partial charge in [-0.1, -0.05) is 11.6 Å². The van der Waals surface area contributed by atoms with E-state index in [1.807, 2.05) is 0 Å². The van der Waals surface area contributed by atoms with Crippen molar-refractivity contribution >= 4 is 21.4 Å². The smallest absolute Gasteiger partial charge is 0.157 e. The number of sulfone groups is 1. The van der Waals surface area contributed by atoms with Crippen LogP contribution in [0.1, 0.15) is 24.6 Å². The average molecular weight is 280 g/mol. The Morgan fingerprint density at radius 3 is 2.53 bits per heavy atom. The summed E-state index contributed by atoms with van der Waals surface area (Å²) < 4.78 is 25.6. The Labute approximate surface area is 107 Å². The lowest BCUT2D eigenvalue weighted by Crippen LogP contribution is -2.23. The third-order valence-electron chi connectivity index (χ3n) is 2.80. The van der Waals surface area contributed by atoms with Crippen LogP contribution in [0.5, 0.6) is 0 Å². The Balaban J connectivity index is 2.98. The molecule has 0 fully saturated rings. The lowest BCUT2D eigenvalue weighted by Gasteiger charge is -2.11. The molecule has 1 aromatic heterocycles. The molecule has 5 nitrogen and oxygen atoms in total. The van der Waals surface area contributed by atoms with E-state index in [-0.39, 0.29) is 5.75 Å². The first-order chi connectivity index (χ1) is 7.79. The van der Waals surface area contributed by atoms with Gasteiger partial charge in [0.05, 0.1) is 16.7 Å². The molecular formula is C10H18ClN3O2S. The molecule has 1 heterocycles. The number of aryl methyl sites for hydroxylation is 2. The molecule has 7 heteroatoms. The van der Waals surface area contributed by atoms with E-state index >= 15 is 0 Å². The molecule has 0 aliphatic carbocycles. The number of aromatic nitrogens is 2. The number of nitrogens with zero attached hydrogens (tertiary/aromatic N) is 2. The summed E-state index contributed by atoms with van der Waals surface area (Å²) in [6.07, 6.45) is 0.458. The van der Waals surface area contributed by atoms with Gasteiger partial charge < -0.3 is 5.73 Å². The molecule has 0 aliphatic rings. The van der Waals surface area contributed by atoms with Crippen LogP contribution in [0.2, 0.25) is 5.15 Å². The number of nitrogens with two attached hydrogens (primary N) is 1. The van der Waals surface area contributed by atoms with Gasteiger partial charge in [0.2, 0.25) is 0 Å². The molecular weight excluding hydrogens is 262 g/mol. The number of rotatable bonds is 5. The molecule has 0 amide bonds. The van der Waals surface area contributed by atoms with E-state index in [1.54, 1.807) is 20.9 Å². The predicted octanol–water partition coefficient (Wildman–Crippen LogP) is 1.03. The van der Waals surface area contributed by atoms with E-state index < -0.39 is 15.1 Å². The lowest BCUT2D eigenvalue weighted by molar-refractivity contribution is 0.577. The second-order valence-corrected chi connectivity index (χ2v) is 6.95. The molecule has 0 bridgehead atoms. The van der Waals surface area contributed by atoms with Gasteiger partial charge in [-0.3, -0.25) is 4.68 Å². The molecule has 0 saturated carbocycles. The zero-order valence-electron chi connectivity index (χ0n) is 10.3. The predicted molar refractivity (Wildman–Crippen MR) is 68.7 cm³/mol. The maximum Gasteiger partial charge on any atom is 0.157 e. The van der Waals surface area contributed by atoms with Gasteiger partial charge in [0.15, 0.2) is 9.84 Å². The summed E-state index contributed by atoms with van der Waals surface area (Å²) in [6.45, 7) is 3.78. The summed E-state index contributed by atoms with van der Waals surface area (Å²) in [5.74, 6) is -0.0767. The van der Waals surface area contributed by atoms with E-state index in [4.69, 9.17) is 17.3 Å². The molecule has 17 heavy (non-hydrogen) atoms. The minimum atomic E-state index is -3.22. The Kier molecular flexibility index (Phi) is 4.57. The Morgan fingerprint density at radius 2 is 2.12 bits per heavy atom. The van der Waals surface area contributed by atoms with Crippen LogP contribution in [0, 0.1) is 6.92 Å². The maximum absolute atomic E-state index is 12.1. The fourth-order valence-electron chi connectivity index (χ4n) is 1.60. The van der Waals surface area contributed by atoms with Crippen molar-refractivity contribution in [2.45, 2.75) is 31.3 Å². The van der Waals surface area contributed by atoms with E-state index in [2.05, 4.69) is 5.10 Å². The fourth-order valence-corrected chi connectivity index (χ4v) is 3.44. The van der Waals surface area contributed by atoms with Crippen LogP contribution in [0.3, 0.4) is 0 Å². The van der Waals surface area contributed by atoms with Crippen molar-refractivity contribution in [3.63, 3.8) is 0 Å². The van der Waals surface area contributed by atoms with Gasteiger partial charge >= 0.3 is 0 Å². The van der Waals surface area contributed by atoms with Crippen LogP contribution in [0.15, 0.2) is 0 Å². The number of hydrogen-bond donors (Lipinski definition) is 1. The van der Waals surface area contributed by atoms with E-state index in [0.29, 0.717) is 29.4 Å². The minimum Gasteiger partial charge on any atom is -0.330 e. The van der Waals surface area contributed by atoms with Gasteiger partial charge in [0, 0.05) is 12.6 Å². The maximum atomic E-state index is 12.1. The standard InChI is InChI=1S/C10H18ClN3O2S/c1-7(4-5-12)17(15,16)6-9-8(2)13-14(3)10(9)11/h7H,4-6,12H2,1-3H3. The third kappa shape index (κ3) is 3.20. The van der Waals surface area contributed by atoms with Gasteiger partial charge in [-0.15, -0.1) is 0 Å². The molecule has 0 aromatic carbocycles. The van der Waals surface area contributed by atoms with Gasteiger partial charge in [-0.05, 0) is 26.8 Å². The molecule has 1 rings (SSSR count). The quantitative estimate of drug-likeness (QED) is 0.873. The van der Waals surface area contributed by atoms with E-state index in [9.17, 15) is 8.42 Å². The van der Waals surface area contributed by atoms with Gasteiger partial charge in [-0.25, -0.2) is 8.42 Å². The minimum absolute atomic E-state index is 0.0767. The largest absolute Gasteiger partial charge is 0.330 e. The Morgan fingerprint density at radius 1 is 1.53 bits per heavy atom. The highest BCUT2D eigenvalue weighted by Crippen LogP contribution is 2.23. The van der Waals surface area contributed by atoms with Crippen LogP contribution in [0.25, 0.3) is 0 Å². The van der Waals surface area contributed by atoms with E-state index in [0.717, 1.165) is 0 Å². The molecule has 1 atom stereocenters. The van der Waals surface area contributed by atoms with Crippen molar-refractivity contribution in [1.82, 2.24) is 9.78 Å². The Bertz CT molecular complexity index is 496. The second-order valence-electron chi connectivity index (χ2n) is 4.17. The van der Waals surface area contributed by atoms with Crippen molar-refractivity contribution in [3.05, 3.63) is 16.4 Å². The summed E-state index contributed by atoms with van der Waals surface area (Å²) in [6, 6.07) is 0. The number of hydrogen-bond acceptors (Lipinski definition) is 4. The van der Waals surface area contributed by atoms with Crippen molar-refractivity contribution in [1.29, 1.82) is 0 Å². The molecule has 1 aromatic rings. The normalized spacial score (nSPS) is 13.9. The highest BCUT2D eigenvalue weighted by atomic mass is 35.5. The van der Waals surface area contributed by atoms with Crippen LogP contribution < -0.4 is 5.73 Å². The molecule has 0 radical (unpaired) electrons. The van der Waals surface area contributed by atoms with Crippen LogP contribution in [-0.2, 0) is 22.6 Å². The van der Waals surface area contributed by atoms with Gasteiger partial charge in [0.25, 0.3) is 0 Å². The summed E-state index contributed by atoms with van der Waals surface area (Å²) in [7, 11) is -1.54. The third-order valence-corrected chi connectivity index (χ3v) is 5.43. The first-order valence-corrected chi connectivity index (χ1v) is 7.48. The lowest BCUT2D eigenvalue weighted by atomic mass is 10.3. The second kappa shape index (κ2) is 5.37. The van der Waals surface area contributed by atoms with Crippen LogP contribution in [0.4, 0.5) is 0 Å². The highest BCUT2D eigenvalue weighted by Gasteiger charge is 2.24. The van der Waals surface area contributed by atoms with Crippen LogP contribution >= 0.6 is 11.6 Å². The van der Waals surface area contributed by atoms with Crippen molar-refractivity contribution in [2.24, 2.45) is 12.8 Å². The summed E-state index contributed by atoms with van der Waals surface area (Å²) in [5.41, 5.74) is 6.61. The number of halogens is 1. The van der Waals surface area contributed by atoms with E-state index in [1.165, 1.54) is 4.68 Å². The first-order valence-electron chi connectivity index (χ1n) is 5.39. The molecule has 1 unspecified atom stereocenters. The molecule has 0 aliphatic heterocycles. The summed E-state index contributed by atoms with van der Waals surface area (Å²) in [5, 5.41) is 4.02. The fraction of sp³-hybridized carbons (Fsp3) is 0.700. The Hall–Kier alpha value is -0.590. The average Bonchev–Trinajstić information content (AvgIpc) is 2.45. The van der Waals surface area contributed by atoms with Crippen molar-refractivity contribution in [3.8, 4) is 0 Å². The van der Waals surface area contributed by atoms with Gasteiger partial charge in [-0.2, -0.15) is 5.10 Å². The molecule has 98 valence electrons. The van der Waals surface area contributed by atoms with Crippen molar-refractivity contribution in [2.75, 3.05) is 6.54 Å². The highest BCUT2D eigenvalue weighted by molar-refractivity contribution is 7.91. The van der Waals surface area contributed by atoms with Gasteiger partial charge in [0.1, 0.15) is 5.15 Å². The topological polar surface area (TPSA) is 78.0 Å². The molecule has 0 saturated heterocycles. The summed E-state index contributed by atoms with van der Waals surface area (Å²) >= 11 is 6.01. The first kappa shape index (κ1) is 14.5. The van der Waals surface area contributed by atoms with Crippen molar-refractivity contribution < 1.29 is 8.42 Å². The van der Waals surface area contributed by atoms with Crippen LogP contribution in [-0.4, -0.2) is 30.0 Å². The zero-order valence-corrected chi connectivity index (χ0v) is 11.8. The molecule has 0 spiro atoms. The summed E-state index contributed by atoms with van der Waals surface area (Å²) in [4.78, 5) is 0. The SMILES string of the molecule is Cc1nn(C)c(Cl)c1CS(=O)(=O)C(C)CCN. The molecule has 2 N–H and O–H groups in total. The monoisotopic (exact) mass is 279 g/mol. The zero-order chi connectivity index (χ0) is 13.2.